The predicted octanol–water partition coefficient (Wildman–Crippen LogP) is 4.17. The first-order valence-electron chi connectivity index (χ1n) is 8.45. The third-order valence-electron chi connectivity index (χ3n) is 3.74. The number of ether oxygens (including phenoxy) is 2. The van der Waals surface area contributed by atoms with Gasteiger partial charge in [0.1, 0.15) is 17.3 Å². The van der Waals surface area contributed by atoms with E-state index < -0.39 is 24.6 Å². The summed E-state index contributed by atoms with van der Waals surface area (Å²) in [5, 5.41) is 10.2. The number of carbonyl (C=O) groups excluding carboxylic acids is 2. The SMILES string of the molecule is CCOC(=O)N(CC(=O)O)c1cc2cc(OC(=O)c3ccccc3)ccc2s1. The van der Waals surface area contributed by atoms with Crippen LogP contribution in [0, 0.1) is 0 Å². The van der Waals surface area contributed by atoms with E-state index >= 15 is 0 Å². The lowest BCUT2D eigenvalue weighted by atomic mass is 10.2. The van der Waals surface area contributed by atoms with E-state index in [0.717, 1.165) is 15.0 Å². The summed E-state index contributed by atoms with van der Waals surface area (Å²) in [6.45, 7) is 1.27. The zero-order valence-corrected chi connectivity index (χ0v) is 15.8. The molecule has 8 heteroatoms. The lowest BCUT2D eigenvalue weighted by Crippen LogP contribution is -2.35. The number of nitrogens with zero attached hydrogens (tertiary/aromatic N) is 1. The maximum Gasteiger partial charge on any atom is 0.415 e. The summed E-state index contributed by atoms with van der Waals surface area (Å²) in [7, 11) is 0. The number of rotatable bonds is 6. The average Bonchev–Trinajstić information content (AvgIpc) is 3.09. The number of amides is 1. The quantitative estimate of drug-likeness (QED) is 0.494. The van der Waals surface area contributed by atoms with Crippen molar-refractivity contribution in [2.24, 2.45) is 0 Å². The number of hydrogen-bond donors (Lipinski definition) is 1. The maximum absolute atomic E-state index is 12.2. The number of thiophene rings is 1. The van der Waals surface area contributed by atoms with Gasteiger partial charge in [0.05, 0.1) is 12.2 Å². The fourth-order valence-corrected chi connectivity index (χ4v) is 3.55. The molecule has 0 saturated heterocycles. The van der Waals surface area contributed by atoms with Crippen molar-refractivity contribution in [2.75, 3.05) is 18.1 Å². The summed E-state index contributed by atoms with van der Waals surface area (Å²) in [6, 6.07) is 15.4. The molecular formula is C20H17NO6S. The van der Waals surface area contributed by atoms with Crippen molar-refractivity contribution < 1.29 is 29.0 Å². The molecule has 1 heterocycles. The van der Waals surface area contributed by atoms with Crippen molar-refractivity contribution in [1.29, 1.82) is 0 Å². The van der Waals surface area contributed by atoms with E-state index in [9.17, 15) is 14.4 Å². The molecule has 0 bridgehead atoms. The molecule has 0 atom stereocenters. The van der Waals surface area contributed by atoms with Crippen molar-refractivity contribution in [3.8, 4) is 5.75 Å². The number of carbonyl (C=O) groups is 3. The predicted molar refractivity (Wildman–Crippen MR) is 105 cm³/mol. The number of carboxylic acids is 1. The molecule has 2 aromatic carbocycles. The molecule has 144 valence electrons. The Hall–Kier alpha value is -3.39. The number of anilines is 1. The molecule has 0 aliphatic heterocycles. The number of aliphatic carboxylic acids is 1. The van der Waals surface area contributed by atoms with Crippen molar-refractivity contribution in [3.05, 3.63) is 60.2 Å². The molecule has 0 unspecified atom stereocenters. The van der Waals surface area contributed by atoms with Crippen molar-refractivity contribution in [1.82, 2.24) is 0 Å². The van der Waals surface area contributed by atoms with Crippen LogP contribution in [0.15, 0.2) is 54.6 Å². The van der Waals surface area contributed by atoms with Crippen molar-refractivity contribution >= 4 is 44.5 Å². The van der Waals surface area contributed by atoms with Gasteiger partial charge in [0.2, 0.25) is 0 Å². The first-order valence-corrected chi connectivity index (χ1v) is 9.26. The van der Waals surface area contributed by atoms with E-state index in [1.165, 1.54) is 11.3 Å². The Balaban J connectivity index is 1.86. The number of benzene rings is 2. The summed E-state index contributed by atoms with van der Waals surface area (Å²) in [5.41, 5.74) is 0.434. The van der Waals surface area contributed by atoms with Crippen LogP contribution in [0.2, 0.25) is 0 Å². The van der Waals surface area contributed by atoms with E-state index in [2.05, 4.69) is 0 Å². The van der Waals surface area contributed by atoms with Crippen LogP contribution < -0.4 is 9.64 Å². The number of hydrogen-bond acceptors (Lipinski definition) is 6. The van der Waals surface area contributed by atoms with Crippen LogP contribution in [0.25, 0.3) is 10.1 Å². The molecule has 0 aliphatic carbocycles. The summed E-state index contributed by atoms with van der Waals surface area (Å²) in [4.78, 5) is 36.5. The molecule has 0 radical (unpaired) electrons. The van der Waals surface area contributed by atoms with Crippen LogP contribution in [0.5, 0.6) is 5.75 Å². The van der Waals surface area contributed by atoms with E-state index in [1.807, 2.05) is 6.07 Å². The maximum atomic E-state index is 12.2. The van der Waals surface area contributed by atoms with E-state index in [4.69, 9.17) is 14.6 Å². The molecule has 0 spiro atoms. The van der Waals surface area contributed by atoms with Crippen LogP contribution in [0.4, 0.5) is 9.80 Å². The number of fused-ring (bicyclic) bond motifs is 1. The van der Waals surface area contributed by atoms with Crippen LogP contribution >= 0.6 is 11.3 Å². The first-order chi connectivity index (χ1) is 13.5. The minimum absolute atomic E-state index is 0.138. The highest BCUT2D eigenvalue weighted by molar-refractivity contribution is 7.23. The molecule has 1 aromatic heterocycles. The van der Waals surface area contributed by atoms with Crippen LogP contribution in [0.1, 0.15) is 17.3 Å². The molecule has 7 nitrogen and oxygen atoms in total. The Labute approximate surface area is 164 Å². The number of esters is 1. The molecule has 3 aromatic rings. The standard InChI is InChI=1S/C20H17NO6S/c1-2-26-20(25)21(12-18(22)23)17-11-14-10-15(8-9-16(14)28-17)27-19(24)13-6-4-3-5-7-13/h3-11H,2,12H2,1H3,(H,22,23). The Morgan fingerprint density at radius 3 is 2.50 bits per heavy atom. The van der Waals surface area contributed by atoms with Crippen LogP contribution in [0.3, 0.4) is 0 Å². The molecule has 1 N–H and O–H groups in total. The van der Waals surface area contributed by atoms with Gasteiger partial charge in [-0.15, -0.1) is 11.3 Å². The second kappa shape index (κ2) is 8.53. The molecular weight excluding hydrogens is 382 g/mol. The lowest BCUT2D eigenvalue weighted by molar-refractivity contribution is -0.135. The highest BCUT2D eigenvalue weighted by Gasteiger charge is 2.22. The zero-order chi connectivity index (χ0) is 20.1. The Morgan fingerprint density at radius 2 is 1.82 bits per heavy atom. The lowest BCUT2D eigenvalue weighted by Gasteiger charge is -2.17. The smallest absolute Gasteiger partial charge is 0.415 e. The average molecular weight is 399 g/mol. The third kappa shape index (κ3) is 4.47. The molecule has 28 heavy (non-hydrogen) atoms. The van der Waals surface area contributed by atoms with Gasteiger partial charge in [-0.05, 0) is 48.7 Å². The Morgan fingerprint density at radius 1 is 1.07 bits per heavy atom. The van der Waals surface area contributed by atoms with Crippen LogP contribution in [-0.2, 0) is 9.53 Å². The largest absolute Gasteiger partial charge is 0.480 e. The zero-order valence-electron chi connectivity index (χ0n) is 15.0. The summed E-state index contributed by atoms with van der Waals surface area (Å²) in [5.74, 6) is -1.27. The number of carboxylic acid groups (broad SMARTS) is 1. The van der Waals surface area contributed by atoms with Gasteiger partial charge in [-0.1, -0.05) is 18.2 Å². The van der Waals surface area contributed by atoms with Crippen molar-refractivity contribution in [3.63, 3.8) is 0 Å². The summed E-state index contributed by atoms with van der Waals surface area (Å²) < 4.78 is 11.2. The molecule has 0 saturated carbocycles. The van der Waals surface area contributed by atoms with Gasteiger partial charge in [-0.2, -0.15) is 0 Å². The monoisotopic (exact) mass is 399 g/mol. The summed E-state index contributed by atoms with van der Waals surface area (Å²) in [6.07, 6.45) is -0.729. The first kappa shape index (κ1) is 19.4. The molecule has 0 aliphatic rings. The normalized spacial score (nSPS) is 10.5. The van der Waals surface area contributed by atoms with E-state index in [-0.39, 0.29) is 6.61 Å². The Bertz CT molecular complexity index is 1010. The molecule has 1 amide bonds. The molecule has 3 rings (SSSR count). The van der Waals surface area contributed by atoms with Crippen LogP contribution in [-0.4, -0.2) is 36.3 Å². The second-order valence-corrected chi connectivity index (χ2v) is 6.78. The highest BCUT2D eigenvalue weighted by Crippen LogP contribution is 2.35. The van der Waals surface area contributed by atoms with Gasteiger partial charge < -0.3 is 14.6 Å². The van der Waals surface area contributed by atoms with E-state index in [0.29, 0.717) is 16.3 Å². The van der Waals surface area contributed by atoms with Gasteiger partial charge in [0.25, 0.3) is 0 Å². The van der Waals surface area contributed by atoms with Gasteiger partial charge in [0, 0.05) is 4.70 Å². The van der Waals surface area contributed by atoms with E-state index in [1.54, 1.807) is 55.5 Å². The highest BCUT2D eigenvalue weighted by atomic mass is 32.1. The van der Waals surface area contributed by atoms with Crippen molar-refractivity contribution in [2.45, 2.75) is 6.92 Å². The molecule has 0 fully saturated rings. The Kier molecular flexibility index (Phi) is 5.90. The minimum Gasteiger partial charge on any atom is -0.480 e. The second-order valence-electron chi connectivity index (χ2n) is 5.72. The van der Waals surface area contributed by atoms with Gasteiger partial charge in [-0.3, -0.25) is 9.69 Å². The fourth-order valence-electron chi connectivity index (χ4n) is 2.51. The van der Waals surface area contributed by atoms with Gasteiger partial charge in [-0.25, -0.2) is 9.59 Å². The summed E-state index contributed by atoms with van der Waals surface area (Å²) >= 11 is 1.25. The topological polar surface area (TPSA) is 93.1 Å². The van der Waals surface area contributed by atoms with Gasteiger partial charge in [0.15, 0.2) is 0 Å². The third-order valence-corrected chi connectivity index (χ3v) is 4.88. The van der Waals surface area contributed by atoms with Gasteiger partial charge >= 0.3 is 18.0 Å². The fraction of sp³-hybridized carbons (Fsp3) is 0.150. The minimum atomic E-state index is -1.15.